The van der Waals surface area contributed by atoms with Crippen molar-refractivity contribution in [1.29, 1.82) is 0 Å². The summed E-state index contributed by atoms with van der Waals surface area (Å²) in [7, 11) is -3.62. The zero-order chi connectivity index (χ0) is 17.9. The Morgan fingerprint density at radius 3 is 2.38 bits per heavy atom. The van der Waals surface area contributed by atoms with E-state index in [0.29, 0.717) is 13.0 Å². The van der Waals surface area contributed by atoms with E-state index in [1.807, 2.05) is 0 Å². The quantitative estimate of drug-likeness (QED) is 0.833. The molecule has 1 aromatic carbocycles. The average Bonchev–Trinajstić information content (AvgIpc) is 2.53. The number of rotatable bonds is 5. The number of amides is 1. The normalized spacial score (nSPS) is 18.6. The van der Waals surface area contributed by atoms with Gasteiger partial charge >= 0.3 is 5.97 Å². The van der Waals surface area contributed by atoms with Crippen molar-refractivity contribution in [2.24, 2.45) is 0 Å². The van der Waals surface area contributed by atoms with E-state index in [4.69, 9.17) is 0 Å². The van der Waals surface area contributed by atoms with Gasteiger partial charge < -0.3 is 10.0 Å². The van der Waals surface area contributed by atoms with Crippen LogP contribution >= 0.6 is 0 Å². The van der Waals surface area contributed by atoms with Gasteiger partial charge in [-0.15, -0.1) is 0 Å². The van der Waals surface area contributed by atoms with Crippen molar-refractivity contribution in [3.05, 3.63) is 29.8 Å². The predicted octanol–water partition coefficient (Wildman–Crippen LogP) is 1.45. The maximum atomic E-state index is 12.6. The van der Waals surface area contributed by atoms with Crippen LogP contribution < -0.4 is 4.72 Å². The first-order valence-corrected chi connectivity index (χ1v) is 9.37. The molecule has 8 heteroatoms. The molecule has 24 heavy (non-hydrogen) atoms. The lowest BCUT2D eigenvalue weighted by Crippen LogP contribution is -2.48. The Balaban J connectivity index is 2.21. The molecule has 1 saturated heterocycles. The summed E-state index contributed by atoms with van der Waals surface area (Å²) in [4.78, 5) is 25.3. The van der Waals surface area contributed by atoms with Crippen molar-refractivity contribution < 1.29 is 23.1 Å². The molecular formula is C16H22N2O5S. The molecular weight excluding hydrogens is 332 g/mol. The van der Waals surface area contributed by atoms with E-state index < -0.39 is 22.0 Å². The minimum Gasteiger partial charge on any atom is -0.480 e. The summed E-state index contributed by atoms with van der Waals surface area (Å²) in [6.07, 6.45) is 1.98. The second-order valence-electron chi connectivity index (χ2n) is 6.15. The fourth-order valence-electron chi connectivity index (χ4n) is 2.75. The monoisotopic (exact) mass is 354 g/mol. The van der Waals surface area contributed by atoms with Crippen molar-refractivity contribution in [3.8, 4) is 0 Å². The third kappa shape index (κ3) is 4.12. The smallest absolute Gasteiger partial charge is 0.326 e. The van der Waals surface area contributed by atoms with E-state index >= 15 is 0 Å². The number of carboxylic acids is 1. The zero-order valence-electron chi connectivity index (χ0n) is 13.7. The maximum absolute atomic E-state index is 12.6. The van der Waals surface area contributed by atoms with Crippen LogP contribution in [0.4, 0.5) is 0 Å². The van der Waals surface area contributed by atoms with E-state index in [-0.39, 0.29) is 22.4 Å². The molecule has 1 aliphatic heterocycles. The summed E-state index contributed by atoms with van der Waals surface area (Å²) >= 11 is 0. The molecule has 0 saturated carbocycles. The number of hydrogen-bond donors (Lipinski definition) is 2. The number of carbonyl (C=O) groups excluding carboxylic acids is 1. The fraction of sp³-hybridized carbons (Fsp3) is 0.500. The van der Waals surface area contributed by atoms with E-state index in [0.717, 1.165) is 12.8 Å². The molecule has 2 N–H and O–H groups in total. The number of likely N-dealkylation sites (tertiary alicyclic amines) is 1. The maximum Gasteiger partial charge on any atom is 0.326 e. The van der Waals surface area contributed by atoms with Gasteiger partial charge in [0.2, 0.25) is 10.0 Å². The Hall–Kier alpha value is -1.93. The van der Waals surface area contributed by atoms with Crippen molar-refractivity contribution in [1.82, 2.24) is 9.62 Å². The molecule has 1 aromatic rings. The van der Waals surface area contributed by atoms with Crippen LogP contribution in [0.2, 0.25) is 0 Å². The van der Waals surface area contributed by atoms with Gasteiger partial charge in [-0.2, -0.15) is 0 Å². The molecule has 1 heterocycles. The van der Waals surface area contributed by atoms with Crippen molar-refractivity contribution >= 4 is 21.9 Å². The highest BCUT2D eigenvalue weighted by molar-refractivity contribution is 7.89. The van der Waals surface area contributed by atoms with E-state index in [2.05, 4.69) is 4.72 Å². The van der Waals surface area contributed by atoms with Gasteiger partial charge in [-0.3, -0.25) is 4.79 Å². The van der Waals surface area contributed by atoms with Gasteiger partial charge in [0, 0.05) is 18.2 Å². The van der Waals surface area contributed by atoms with Crippen LogP contribution in [0.15, 0.2) is 29.2 Å². The third-order valence-corrected chi connectivity index (χ3v) is 5.53. The topological polar surface area (TPSA) is 104 Å². The molecule has 132 valence electrons. The molecule has 1 atom stereocenters. The van der Waals surface area contributed by atoms with Crippen LogP contribution in [0.25, 0.3) is 0 Å². The molecule has 0 aliphatic carbocycles. The van der Waals surface area contributed by atoms with Crippen molar-refractivity contribution in [2.45, 2.75) is 50.1 Å². The highest BCUT2D eigenvalue weighted by atomic mass is 32.2. The van der Waals surface area contributed by atoms with Gasteiger partial charge in [-0.05, 0) is 57.4 Å². The second kappa shape index (κ2) is 7.31. The Kier molecular flexibility index (Phi) is 5.61. The van der Waals surface area contributed by atoms with Crippen LogP contribution in [0.1, 0.15) is 43.5 Å². The lowest BCUT2D eigenvalue weighted by Gasteiger charge is -2.33. The van der Waals surface area contributed by atoms with Crippen LogP contribution in [0.3, 0.4) is 0 Å². The molecule has 1 aliphatic rings. The Morgan fingerprint density at radius 1 is 1.21 bits per heavy atom. The van der Waals surface area contributed by atoms with Crippen molar-refractivity contribution in [2.75, 3.05) is 6.54 Å². The van der Waals surface area contributed by atoms with E-state index in [1.54, 1.807) is 13.8 Å². The van der Waals surface area contributed by atoms with Gasteiger partial charge in [-0.1, -0.05) is 0 Å². The van der Waals surface area contributed by atoms with E-state index in [9.17, 15) is 23.1 Å². The minimum absolute atomic E-state index is 0.0705. The summed E-state index contributed by atoms with van der Waals surface area (Å²) in [5.74, 6) is -1.40. The van der Waals surface area contributed by atoms with Crippen molar-refractivity contribution in [3.63, 3.8) is 0 Å². The van der Waals surface area contributed by atoms with E-state index in [1.165, 1.54) is 29.2 Å². The summed E-state index contributed by atoms with van der Waals surface area (Å²) < 4.78 is 26.6. The zero-order valence-corrected chi connectivity index (χ0v) is 14.5. The minimum atomic E-state index is -3.62. The number of benzene rings is 1. The second-order valence-corrected chi connectivity index (χ2v) is 7.86. The number of carboxylic acid groups (broad SMARTS) is 1. The molecule has 0 unspecified atom stereocenters. The fourth-order valence-corrected chi connectivity index (χ4v) is 4.00. The molecule has 7 nitrogen and oxygen atoms in total. The number of nitrogens with zero attached hydrogens (tertiary/aromatic N) is 1. The van der Waals surface area contributed by atoms with Crippen LogP contribution in [0.5, 0.6) is 0 Å². The van der Waals surface area contributed by atoms with Gasteiger partial charge in [0.25, 0.3) is 5.91 Å². The Bertz CT molecular complexity index is 712. The molecule has 0 radical (unpaired) electrons. The molecule has 2 rings (SSSR count). The number of piperidine rings is 1. The number of nitrogens with one attached hydrogen (secondary N) is 1. The van der Waals surface area contributed by atoms with Gasteiger partial charge in [0.1, 0.15) is 6.04 Å². The summed E-state index contributed by atoms with van der Waals surface area (Å²) in [6.45, 7) is 3.83. The van der Waals surface area contributed by atoms with Crippen LogP contribution in [-0.4, -0.2) is 48.9 Å². The van der Waals surface area contributed by atoms with Crippen LogP contribution in [0, 0.1) is 0 Å². The summed E-state index contributed by atoms with van der Waals surface area (Å²) in [5.41, 5.74) is 0.284. The number of carbonyl (C=O) groups is 2. The number of sulfonamides is 1. The highest BCUT2D eigenvalue weighted by Gasteiger charge is 2.32. The largest absolute Gasteiger partial charge is 0.480 e. The third-order valence-electron chi connectivity index (χ3n) is 3.85. The molecule has 0 aromatic heterocycles. The Labute approximate surface area is 141 Å². The SMILES string of the molecule is CC(C)NS(=O)(=O)c1ccc(C(=O)N2CCCC[C@@H]2C(=O)O)cc1. The lowest BCUT2D eigenvalue weighted by molar-refractivity contribution is -0.143. The molecule has 0 spiro atoms. The predicted molar refractivity (Wildman–Crippen MR) is 88.2 cm³/mol. The number of hydrogen-bond acceptors (Lipinski definition) is 4. The first-order chi connectivity index (χ1) is 11.2. The number of aliphatic carboxylic acids is 1. The standard InChI is InChI=1S/C16H22N2O5S/c1-11(2)17-24(22,23)13-8-6-12(7-9-13)15(19)18-10-4-3-5-14(18)16(20)21/h6-9,11,14,17H,3-5,10H2,1-2H3,(H,20,21)/t14-/m1/s1. The van der Waals surface area contributed by atoms with Gasteiger partial charge in [0.15, 0.2) is 0 Å². The van der Waals surface area contributed by atoms with Gasteiger partial charge in [0.05, 0.1) is 4.90 Å². The first kappa shape index (κ1) is 18.4. The average molecular weight is 354 g/mol. The van der Waals surface area contributed by atoms with Crippen LogP contribution in [-0.2, 0) is 14.8 Å². The van der Waals surface area contributed by atoms with Gasteiger partial charge in [-0.25, -0.2) is 17.9 Å². The highest BCUT2D eigenvalue weighted by Crippen LogP contribution is 2.21. The summed E-state index contributed by atoms with van der Waals surface area (Å²) in [5, 5.41) is 9.26. The molecule has 1 fully saturated rings. The first-order valence-electron chi connectivity index (χ1n) is 7.88. The molecule has 0 bridgehead atoms. The molecule has 1 amide bonds. The lowest BCUT2D eigenvalue weighted by atomic mass is 10.0. The summed E-state index contributed by atoms with van der Waals surface area (Å²) in [6, 6.07) is 4.50. The Morgan fingerprint density at radius 2 is 1.83 bits per heavy atom.